The van der Waals surface area contributed by atoms with Crippen molar-refractivity contribution in [2.75, 3.05) is 11.1 Å². The SMILES string of the molecule is N#Cc1ccc(CS(=O)(=O)CC(=O)Nc2ccccc2)cc1. The summed E-state index contributed by atoms with van der Waals surface area (Å²) in [5, 5.41) is 11.2. The highest BCUT2D eigenvalue weighted by atomic mass is 32.2. The first kappa shape index (κ1) is 15.7. The number of benzene rings is 2. The summed E-state index contributed by atoms with van der Waals surface area (Å²) in [4.78, 5) is 11.8. The second-order valence-corrected chi connectivity index (χ2v) is 6.82. The first-order chi connectivity index (χ1) is 10.5. The highest BCUT2D eigenvalue weighted by Gasteiger charge is 2.17. The number of amides is 1. The molecule has 2 rings (SSSR count). The predicted octanol–water partition coefficient (Wildman–Crippen LogP) is 2.11. The first-order valence-corrected chi connectivity index (χ1v) is 8.35. The number of hydrogen-bond acceptors (Lipinski definition) is 4. The Morgan fingerprint density at radius 1 is 1.05 bits per heavy atom. The van der Waals surface area contributed by atoms with E-state index in [9.17, 15) is 13.2 Å². The smallest absolute Gasteiger partial charge is 0.239 e. The third-order valence-electron chi connectivity index (χ3n) is 2.88. The summed E-state index contributed by atoms with van der Waals surface area (Å²) in [5.74, 6) is -1.39. The van der Waals surface area contributed by atoms with Crippen molar-refractivity contribution in [2.45, 2.75) is 5.75 Å². The number of sulfone groups is 1. The normalized spacial score (nSPS) is 10.7. The number of nitrogens with one attached hydrogen (secondary N) is 1. The number of hydrogen-bond donors (Lipinski definition) is 1. The number of rotatable bonds is 5. The van der Waals surface area contributed by atoms with E-state index in [1.807, 2.05) is 6.07 Å². The third kappa shape index (κ3) is 4.72. The van der Waals surface area contributed by atoms with Crippen LogP contribution in [0.5, 0.6) is 0 Å². The molecule has 0 aliphatic carbocycles. The lowest BCUT2D eigenvalue weighted by Gasteiger charge is -2.06. The average molecular weight is 314 g/mol. The quantitative estimate of drug-likeness (QED) is 0.915. The molecule has 5 nitrogen and oxygen atoms in total. The number of para-hydroxylation sites is 1. The molecule has 112 valence electrons. The zero-order valence-electron chi connectivity index (χ0n) is 11.7. The van der Waals surface area contributed by atoms with Crippen molar-refractivity contribution in [2.24, 2.45) is 0 Å². The van der Waals surface area contributed by atoms with Gasteiger partial charge >= 0.3 is 0 Å². The lowest BCUT2D eigenvalue weighted by molar-refractivity contribution is -0.113. The highest BCUT2D eigenvalue weighted by molar-refractivity contribution is 7.91. The number of nitriles is 1. The van der Waals surface area contributed by atoms with Gasteiger partial charge in [0.05, 0.1) is 17.4 Å². The van der Waals surface area contributed by atoms with Gasteiger partial charge in [0.25, 0.3) is 0 Å². The van der Waals surface area contributed by atoms with Crippen LogP contribution in [0.4, 0.5) is 5.69 Å². The van der Waals surface area contributed by atoms with Crippen LogP contribution in [0.1, 0.15) is 11.1 Å². The maximum atomic E-state index is 12.0. The molecule has 0 aliphatic heterocycles. The lowest BCUT2D eigenvalue weighted by Crippen LogP contribution is -2.23. The Bertz CT molecular complexity index is 792. The zero-order valence-corrected chi connectivity index (χ0v) is 12.5. The monoisotopic (exact) mass is 314 g/mol. The predicted molar refractivity (Wildman–Crippen MR) is 83.7 cm³/mol. The minimum atomic E-state index is -3.57. The number of carbonyl (C=O) groups is 1. The van der Waals surface area contributed by atoms with Crippen molar-refractivity contribution in [3.05, 3.63) is 65.7 Å². The fourth-order valence-electron chi connectivity index (χ4n) is 1.90. The molecule has 0 spiro atoms. The first-order valence-electron chi connectivity index (χ1n) is 6.53. The Balaban J connectivity index is 1.98. The molecule has 0 saturated carbocycles. The molecule has 2 aromatic carbocycles. The molecular formula is C16H14N2O3S. The van der Waals surface area contributed by atoms with E-state index in [-0.39, 0.29) is 5.75 Å². The van der Waals surface area contributed by atoms with Crippen LogP contribution in [0.2, 0.25) is 0 Å². The van der Waals surface area contributed by atoms with Gasteiger partial charge < -0.3 is 5.32 Å². The largest absolute Gasteiger partial charge is 0.325 e. The Hall–Kier alpha value is -2.65. The van der Waals surface area contributed by atoms with E-state index in [0.29, 0.717) is 16.8 Å². The minimum absolute atomic E-state index is 0.235. The summed E-state index contributed by atoms with van der Waals surface area (Å²) in [5.41, 5.74) is 1.57. The molecule has 0 aliphatic rings. The molecule has 0 saturated heterocycles. The van der Waals surface area contributed by atoms with Crippen LogP contribution in [-0.4, -0.2) is 20.1 Å². The van der Waals surface area contributed by atoms with Crippen molar-refractivity contribution in [1.82, 2.24) is 0 Å². The Morgan fingerprint density at radius 3 is 2.27 bits per heavy atom. The van der Waals surface area contributed by atoms with Crippen LogP contribution < -0.4 is 5.32 Å². The molecular weight excluding hydrogens is 300 g/mol. The van der Waals surface area contributed by atoms with Gasteiger partial charge in [-0.3, -0.25) is 4.79 Å². The van der Waals surface area contributed by atoms with Crippen LogP contribution in [-0.2, 0) is 20.4 Å². The van der Waals surface area contributed by atoms with E-state index in [1.165, 1.54) is 0 Å². The number of carbonyl (C=O) groups excluding carboxylic acids is 1. The zero-order chi connectivity index (χ0) is 16.0. The summed E-state index contributed by atoms with van der Waals surface area (Å²) >= 11 is 0. The van der Waals surface area contributed by atoms with Gasteiger partial charge in [-0.1, -0.05) is 30.3 Å². The average Bonchev–Trinajstić information content (AvgIpc) is 2.48. The Morgan fingerprint density at radius 2 is 1.68 bits per heavy atom. The number of anilines is 1. The molecule has 0 bridgehead atoms. The molecule has 1 amide bonds. The lowest BCUT2D eigenvalue weighted by atomic mass is 10.2. The van der Waals surface area contributed by atoms with Crippen LogP contribution in [0, 0.1) is 11.3 Å². The van der Waals surface area contributed by atoms with E-state index in [2.05, 4.69) is 5.32 Å². The maximum Gasteiger partial charge on any atom is 0.239 e. The van der Waals surface area contributed by atoms with Crippen molar-refractivity contribution >= 4 is 21.4 Å². The van der Waals surface area contributed by atoms with Gasteiger partial charge in [0.1, 0.15) is 5.75 Å². The van der Waals surface area contributed by atoms with Crippen molar-refractivity contribution in [3.63, 3.8) is 0 Å². The minimum Gasteiger partial charge on any atom is -0.325 e. The second-order valence-electron chi connectivity index (χ2n) is 4.76. The van der Waals surface area contributed by atoms with Gasteiger partial charge in [-0.25, -0.2) is 8.42 Å². The molecule has 0 fully saturated rings. The third-order valence-corrected chi connectivity index (χ3v) is 4.35. The van der Waals surface area contributed by atoms with Crippen molar-refractivity contribution in [3.8, 4) is 6.07 Å². The van der Waals surface area contributed by atoms with Gasteiger partial charge in [0.15, 0.2) is 9.84 Å². The van der Waals surface area contributed by atoms with Crippen LogP contribution in [0.25, 0.3) is 0 Å². The van der Waals surface area contributed by atoms with Crippen LogP contribution >= 0.6 is 0 Å². The number of nitrogens with zero attached hydrogens (tertiary/aromatic N) is 1. The van der Waals surface area contributed by atoms with Crippen LogP contribution in [0.15, 0.2) is 54.6 Å². The standard InChI is InChI=1S/C16H14N2O3S/c17-10-13-6-8-14(9-7-13)11-22(20,21)12-16(19)18-15-4-2-1-3-5-15/h1-9H,11-12H2,(H,18,19). The van der Waals surface area contributed by atoms with Crippen molar-refractivity contribution < 1.29 is 13.2 Å². The molecule has 0 heterocycles. The topological polar surface area (TPSA) is 87.0 Å². The second kappa shape index (κ2) is 6.87. The van der Waals surface area contributed by atoms with E-state index >= 15 is 0 Å². The van der Waals surface area contributed by atoms with Gasteiger partial charge in [-0.15, -0.1) is 0 Å². The summed E-state index contributed by atoms with van der Waals surface area (Å²) in [7, 11) is -3.57. The fourth-order valence-corrected chi connectivity index (χ4v) is 3.17. The van der Waals surface area contributed by atoms with E-state index in [1.54, 1.807) is 54.6 Å². The summed E-state index contributed by atoms with van der Waals surface area (Å²) < 4.78 is 24.1. The van der Waals surface area contributed by atoms with Gasteiger partial charge in [-0.2, -0.15) is 5.26 Å². The molecule has 0 unspecified atom stereocenters. The van der Waals surface area contributed by atoms with Crippen molar-refractivity contribution in [1.29, 1.82) is 5.26 Å². The molecule has 1 N–H and O–H groups in total. The summed E-state index contributed by atoms with van der Waals surface area (Å²) in [6, 6.07) is 16.9. The van der Waals surface area contributed by atoms with Crippen LogP contribution in [0.3, 0.4) is 0 Å². The molecule has 2 aromatic rings. The van der Waals surface area contributed by atoms with E-state index in [4.69, 9.17) is 5.26 Å². The highest BCUT2D eigenvalue weighted by Crippen LogP contribution is 2.10. The molecule has 0 aromatic heterocycles. The molecule has 6 heteroatoms. The Labute approximate surface area is 129 Å². The van der Waals surface area contributed by atoms with Gasteiger partial charge in [-0.05, 0) is 29.8 Å². The van der Waals surface area contributed by atoms with Gasteiger partial charge in [0, 0.05) is 5.69 Å². The molecule has 22 heavy (non-hydrogen) atoms. The summed E-state index contributed by atoms with van der Waals surface area (Å²) in [6.07, 6.45) is 0. The van der Waals surface area contributed by atoms with E-state index in [0.717, 1.165) is 0 Å². The van der Waals surface area contributed by atoms with Gasteiger partial charge in [0.2, 0.25) is 5.91 Å². The Kier molecular flexibility index (Phi) is 4.92. The summed E-state index contributed by atoms with van der Waals surface area (Å²) in [6.45, 7) is 0. The molecule has 0 radical (unpaired) electrons. The molecule has 0 atom stereocenters. The fraction of sp³-hybridized carbons (Fsp3) is 0.125. The van der Waals surface area contributed by atoms with E-state index < -0.39 is 21.5 Å². The maximum absolute atomic E-state index is 12.0.